The number of amides is 2. The molecule has 1 saturated heterocycles. The van der Waals surface area contributed by atoms with Crippen LogP contribution in [0.3, 0.4) is 0 Å². The number of piperazine rings is 1. The highest BCUT2D eigenvalue weighted by Crippen LogP contribution is 2.35. The summed E-state index contributed by atoms with van der Waals surface area (Å²) in [4.78, 5) is 25.3. The lowest BCUT2D eigenvalue weighted by Crippen LogP contribution is -2.59. The summed E-state index contributed by atoms with van der Waals surface area (Å²) in [6, 6.07) is 5.23. The standard InChI is InChI=1S/C13H13FN2O2/c14-9-3-5-10(6-4-9)16-7-11(17)15-12(13(16)18)8-1-2-8/h3-6,8,12H,1-2,7H2,(H,15,17). The lowest BCUT2D eigenvalue weighted by atomic mass is 10.1. The Hall–Kier alpha value is -1.91. The van der Waals surface area contributed by atoms with Gasteiger partial charge in [0.2, 0.25) is 11.8 Å². The molecule has 3 rings (SSSR count). The molecule has 2 aliphatic rings. The van der Waals surface area contributed by atoms with Crippen molar-refractivity contribution in [3.05, 3.63) is 30.1 Å². The van der Waals surface area contributed by atoms with E-state index in [9.17, 15) is 14.0 Å². The van der Waals surface area contributed by atoms with Gasteiger partial charge in [-0.1, -0.05) is 0 Å². The van der Waals surface area contributed by atoms with Crippen LogP contribution >= 0.6 is 0 Å². The molecule has 5 heteroatoms. The molecule has 4 nitrogen and oxygen atoms in total. The van der Waals surface area contributed by atoms with Crippen molar-refractivity contribution in [2.45, 2.75) is 18.9 Å². The number of anilines is 1. The Labute approximate surface area is 104 Å². The van der Waals surface area contributed by atoms with Crippen LogP contribution in [0.5, 0.6) is 0 Å². The van der Waals surface area contributed by atoms with Gasteiger partial charge in [-0.25, -0.2) is 4.39 Å². The quantitative estimate of drug-likeness (QED) is 0.851. The van der Waals surface area contributed by atoms with Crippen molar-refractivity contribution in [2.75, 3.05) is 11.4 Å². The van der Waals surface area contributed by atoms with Gasteiger partial charge in [-0.3, -0.25) is 9.59 Å². The number of hydrogen-bond acceptors (Lipinski definition) is 2. The zero-order chi connectivity index (χ0) is 12.7. The molecule has 0 aromatic heterocycles. The monoisotopic (exact) mass is 248 g/mol. The average Bonchev–Trinajstić information content (AvgIpc) is 3.17. The second-order valence-electron chi connectivity index (χ2n) is 4.78. The van der Waals surface area contributed by atoms with Gasteiger partial charge >= 0.3 is 0 Å². The largest absolute Gasteiger partial charge is 0.342 e. The van der Waals surface area contributed by atoms with E-state index < -0.39 is 6.04 Å². The van der Waals surface area contributed by atoms with Crippen LogP contribution in [-0.4, -0.2) is 24.4 Å². The minimum atomic E-state index is -0.406. The van der Waals surface area contributed by atoms with E-state index >= 15 is 0 Å². The van der Waals surface area contributed by atoms with Crippen molar-refractivity contribution in [2.24, 2.45) is 5.92 Å². The zero-order valence-corrected chi connectivity index (χ0v) is 9.73. The third-order valence-corrected chi connectivity index (χ3v) is 3.38. The molecule has 1 aliphatic heterocycles. The Morgan fingerprint density at radius 2 is 1.83 bits per heavy atom. The van der Waals surface area contributed by atoms with Gasteiger partial charge in [-0.05, 0) is 43.0 Å². The van der Waals surface area contributed by atoms with Crippen molar-refractivity contribution in [3.8, 4) is 0 Å². The van der Waals surface area contributed by atoms with Gasteiger partial charge in [0.1, 0.15) is 18.4 Å². The number of hydrogen-bond donors (Lipinski definition) is 1. The Bertz CT molecular complexity index is 496. The molecular weight excluding hydrogens is 235 g/mol. The van der Waals surface area contributed by atoms with E-state index in [0.717, 1.165) is 12.8 Å². The Morgan fingerprint density at radius 1 is 1.17 bits per heavy atom. The van der Waals surface area contributed by atoms with Gasteiger partial charge in [0.15, 0.2) is 0 Å². The van der Waals surface area contributed by atoms with Crippen LogP contribution in [0.1, 0.15) is 12.8 Å². The molecule has 1 atom stereocenters. The number of nitrogens with one attached hydrogen (secondary N) is 1. The minimum absolute atomic E-state index is 0.00762. The van der Waals surface area contributed by atoms with Crippen LogP contribution in [0, 0.1) is 11.7 Å². The fourth-order valence-electron chi connectivity index (χ4n) is 2.26. The summed E-state index contributed by atoms with van der Waals surface area (Å²) in [6.07, 6.45) is 1.96. The first-order valence-electron chi connectivity index (χ1n) is 6.01. The highest BCUT2D eigenvalue weighted by molar-refractivity contribution is 6.06. The third-order valence-electron chi connectivity index (χ3n) is 3.38. The summed E-state index contributed by atoms with van der Waals surface area (Å²) in [5, 5.41) is 2.73. The van der Waals surface area contributed by atoms with Gasteiger partial charge < -0.3 is 10.2 Å². The number of benzene rings is 1. The maximum absolute atomic E-state index is 12.9. The first-order valence-corrected chi connectivity index (χ1v) is 6.01. The lowest BCUT2D eigenvalue weighted by molar-refractivity contribution is -0.131. The molecule has 0 spiro atoms. The first kappa shape index (κ1) is 11.2. The Morgan fingerprint density at radius 3 is 2.44 bits per heavy atom. The van der Waals surface area contributed by atoms with Crippen LogP contribution in [0.4, 0.5) is 10.1 Å². The number of rotatable bonds is 2. The highest BCUT2D eigenvalue weighted by atomic mass is 19.1. The van der Waals surface area contributed by atoms with Gasteiger partial charge in [-0.2, -0.15) is 0 Å². The summed E-state index contributed by atoms with van der Waals surface area (Å²) in [6.45, 7) is 0.00762. The molecule has 2 amide bonds. The van der Waals surface area contributed by atoms with Crippen LogP contribution in [0.25, 0.3) is 0 Å². The summed E-state index contributed by atoms with van der Waals surface area (Å²) >= 11 is 0. The molecule has 1 aromatic carbocycles. The Kier molecular flexibility index (Phi) is 2.54. The van der Waals surface area contributed by atoms with Crippen molar-refractivity contribution >= 4 is 17.5 Å². The topological polar surface area (TPSA) is 49.4 Å². The lowest BCUT2D eigenvalue weighted by Gasteiger charge is -2.32. The summed E-state index contributed by atoms with van der Waals surface area (Å²) in [5.74, 6) is -0.337. The summed E-state index contributed by atoms with van der Waals surface area (Å²) < 4.78 is 12.9. The fraction of sp³-hybridized carbons (Fsp3) is 0.385. The van der Waals surface area contributed by atoms with Crippen molar-refractivity contribution < 1.29 is 14.0 Å². The van der Waals surface area contributed by atoms with E-state index in [2.05, 4.69) is 5.32 Å². The van der Waals surface area contributed by atoms with Crippen molar-refractivity contribution in [1.29, 1.82) is 0 Å². The smallest absolute Gasteiger partial charge is 0.250 e. The summed E-state index contributed by atoms with van der Waals surface area (Å²) in [5.41, 5.74) is 0.571. The van der Waals surface area contributed by atoms with Crippen LogP contribution in [0.15, 0.2) is 24.3 Å². The number of nitrogens with zero attached hydrogens (tertiary/aromatic N) is 1. The second-order valence-corrected chi connectivity index (χ2v) is 4.78. The average molecular weight is 248 g/mol. The minimum Gasteiger partial charge on any atom is -0.342 e. The molecule has 0 radical (unpaired) electrons. The molecular formula is C13H13FN2O2. The Balaban J connectivity index is 1.87. The van der Waals surface area contributed by atoms with Crippen molar-refractivity contribution in [1.82, 2.24) is 5.32 Å². The van der Waals surface area contributed by atoms with Gasteiger partial charge in [0.05, 0.1) is 0 Å². The molecule has 1 unspecified atom stereocenters. The molecule has 1 saturated carbocycles. The molecule has 1 N–H and O–H groups in total. The van der Waals surface area contributed by atoms with Crippen LogP contribution in [-0.2, 0) is 9.59 Å². The molecule has 1 aromatic rings. The molecule has 18 heavy (non-hydrogen) atoms. The number of carbonyl (C=O) groups is 2. The SMILES string of the molecule is O=C1CN(c2ccc(F)cc2)C(=O)C(C2CC2)N1. The van der Waals surface area contributed by atoms with E-state index in [-0.39, 0.29) is 30.1 Å². The van der Waals surface area contributed by atoms with E-state index in [1.807, 2.05) is 0 Å². The molecule has 1 heterocycles. The number of carbonyl (C=O) groups excluding carboxylic acids is 2. The van der Waals surface area contributed by atoms with Gasteiger partial charge in [-0.15, -0.1) is 0 Å². The predicted octanol–water partition coefficient (Wildman–Crippen LogP) is 1.07. The van der Waals surface area contributed by atoms with E-state index in [1.165, 1.54) is 29.2 Å². The molecule has 1 aliphatic carbocycles. The van der Waals surface area contributed by atoms with Crippen LogP contribution in [0.2, 0.25) is 0 Å². The van der Waals surface area contributed by atoms with Gasteiger partial charge in [0, 0.05) is 5.69 Å². The van der Waals surface area contributed by atoms with E-state index in [0.29, 0.717) is 5.69 Å². The van der Waals surface area contributed by atoms with Crippen LogP contribution < -0.4 is 10.2 Å². The molecule has 2 fully saturated rings. The summed E-state index contributed by atoms with van der Waals surface area (Å²) in [7, 11) is 0. The van der Waals surface area contributed by atoms with E-state index in [4.69, 9.17) is 0 Å². The second kappa shape index (κ2) is 4.08. The van der Waals surface area contributed by atoms with E-state index in [1.54, 1.807) is 0 Å². The van der Waals surface area contributed by atoms with Crippen molar-refractivity contribution in [3.63, 3.8) is 0 Å². The maximum atomic E-state index is 12.9. The maximum Gasteiger partial charge on any atom is 0.250 e. The number of halogens is 1. The third kappa shape index (κ3) is 1.96. The zero-order valence-electron chi connectivity index (χ0n) is 9.73. The van der Waals surface area contributed by atoms with Gasteiger partial charge in [0.25, 0.3) is 0 Å². The highest BCUT2D eigenvalue weighted by Gasteiger charge is 2.42. The predicted molar refractivity (Wildman–Crippen MR) is 63.4 cm³/mol. The fourth-order valence-corrected chi connectivity index (χ4v) is 2.26. The normalized spacial score (nSPS) is 24.1. The first-order chi connectivity index (χ1) is 8.65. The molecule has 0 bridgehead atoms. The molecule has 94 valence electrons.